The summed E-state index contributed by atoms with van der Waals surface area (Å²) in [5, 5.41) is 20.7. The van der Waals surface area contributed by atoms with Crippen molar-refractivity contribution in [2.24, 2.45) is 0 Å². The number of nitrogens with zero attached hydrogens (tertiary/aromatic N) is 1. The minimum Gasteiger partial charge on any atom is -0.507 e. The molecular formula is C23H31NO3. The molecule has 0 saturated heterocycles. The predicted octanol–water partition coefficient (Wildman–Crippen LogP) is 4.78. The minimum atomic E-state index is 0.110. The second-order valence-electron chi connectivity index (χ2n) is 7.51. The third-order valence-electron chi connectivity index (χ3n) is 5.32. The summed E-state index contributed by atoms with van der Waals surface area (Å²) in [5.74, 6) is 0.582. The van der Waals surface area contributed by atoms with Crippen molar-refractivity contribution >= 4 is 5.91 Å². The first-order chi connectivity index (χ1) is 12.7. The summed E-state index contributed by atoms with van der Waals surface area (Å²) in [6.07, 6.45) is 1.61. The lowest BCUT2D eigenvalue weighted by atomic mass is 9.94. The highest BCUT2D eigenvalue weighted by Gasteiger charge is 2.19. The van der Waals surface area contributed by atoms with E-state index in [2.05, 4.69) is 0 Å². The zero-order valence-electron chi connectivity index (χ0n) is 17.0. The van der Waals surface area contributed by atoms with Crippen LogP contribution >= 0.6 is 0 Å². The molecule has 0 unspecified atom stereocenters. The van der Waals surface area contributed by atoms with Crippen molar-refractivity contribution in [3.63, 3.8) is 0 Å². The number of phenols is 2. The van der Waals surface area contributed by atoms with Crippen LogP contribution < -0.4 is 0 Å². The maximum absolute atomic E-state index is 12.8. The highest BCUT2D eigenvalue weighted by Crippen LogP contribution is 2.36. The van der Waals surface area contributed by atoms with Gasteiger partial charge in [0.1, 0.15) is 11.5 Å². The quantitative estimate of drug-likeness (QED) is 0.690. The number of aromatic hydroxyl groups is 2. The fourth-order valence-electron chi connectivity index (χ4n) is 3.39. The number of carbonyl (C=O) groups is 1. The fraction of sp³-hybridized carbons (Fsp3) is 0.435. The topological polar surface area (TPSA) is 60.8 Å². The Morgan fingerprint density at radius 2 is 1.56 bits per heavy atom. The molecule has 0 heterocycles. The van der Waals surface area contributed by atoms with Gasteiger partial charge in [-0.25, -0.2) is 0 Å². The van der Waals surface area contributed by atoms with Crippen LogP contribution in [0, 0.1) is 20.8 Å². The number of hydrogen-bond acceptors (Lipinski definition) is 3. The van der Waals surface area contributed by atoms with Gasteiger partial charge in [0.2, 0.25) is 5.91 Å². The minimum absolute atomic E-state index is 0.110. The molecule has 2 rings (SSSR count). The van der Waals surface area contributed by atoms with Gasteiger partial charge in [0.25, 0.3) is 0 Å². The van der Waals surface area contributed by atoms with Crippen LogP contribution in [0.25, 0.3) is 0 Å². The molecule has 4 nitrogen and oxygen atoms in total. The molecule has 0 aliphatic carbocycles. The Labute approximate surface area is 162 Å². The molecule has 2 aromatic carbocycles. The first-order valence-corrected chi connectivity index (χ1v) is 9.58. The van der Waals surface area contributed by atoms with E-state index in [0.29, 0.717) is 42.5 Å². The van der Waals surface area contributed by atoms with Crippen molar-refractivity contribution in [2.45, 2.75) is 66.5 Å². The molecular weight excluding hydrogens is 338 g/mol. The highest BCUT2D eigenvalue weighted by atomic mass is 16.3. The van der Waals surface area contributed by atoms with Crippen LogP contribution in [0.3, 0.4) is 0 Å². The molecule has 4 heteroatoms. The van der Waals surface area contributed by atoms with Crippen molar-refractivity contribution in [1.29, 1.82) is 0 Å². The molecule has 0 radical (unpaired) electrons. The summed E-state index contributed by atoms with van der Waals surface area (Å²) < 4.78 is 0. The van der Waals surface area contributed by atoms with Gasteiger partial charge < -0.3 is 15.1 Å². The number of benzene rings is 2. The summed E-state index contributed by atoms with van der Waals surface area (Å²) in [6, 6.07) is 10.1. The highest BCUT2D eigenvalue weighted by molar-refractivity contribution is 5.76. The van der Waals surface area contributed by atoms with Crippen LogP contribution in [0.4, 0.5) is 0 Å². The van der Waals surface area contributed by atoms with E-state index in [1.54, 1.807) is 13.8 Å². The van der Waals surface area contributed by atoms with Crippen molar-refractivity contribution < 1.29 is 15.0 Å². The summed E-state index contributed by atoms with van der Waals surface area (Å²) in [6.45, 7) is 10.1. The number of hydrogen-bond donors (Lipinski definition) is 2. The monoisotopic (exact) mass is 369 g/mol. The van der Waals surface area contributed by atoms with Gasteiger partial charge in [-0.1, -0.05) is 30.3 Å². The van der Waals surface area contributed by atoms with E-state index in [9.17, 15) is 15.0 Å². The lowest BCUT2D eigenvalue weighted by molar-refractivity contribution is -0.133. The summed E-state index contributed by atoms with van der Waals surface area (Å²) >= 11 is 0. The number of phenolic OH excluding ortho intramolecular Hbond substituents is 2. The van der Waals surface area contributed by atoms with Gasteiger partial charge in [-0.15, -0.1) is 0 Å². The molecule has 0 bridgehead atoms. The standard InChI is InChI=1S/C23H31NO3/c1-15(2)24(14-19-10-7-6-8-11-19)21(25)13-9-12-20-18(5)22(26)16(3)17(4)23(20)27/h6-8,10-11,15,26-27H,9,12-14H2,1-5H3. The number of rotatable bonds is 7. The molecule has 0 saturated carbocycles. The zero-order chi connectivity index (χ0) is 20.1. The van der Waals surface area contributed by atoms with Gasteiger partial charge >= 0.3 is 0 Å². The van der Waals surface area contributed by atoms with E-state index in [-0.39, 0.29) is 23.4 Å². The Kier molecular flexibility index (Phi) is 6.89. The van der Waals surface area contributed by atoms with Crippen molar-refractivity contribution in [3.8, 4) is 11.5 Å². The SMILES string of the molecule is Cc1c(C)c(O)c(CCCC(=O)N(Cc2ccccc2)C(C)C)c(C)c1O. The molecule has 2 N–H and O–H groups in total. The van der Waals surface area contributed by atoms with Gasteiger partial charge in [0, 0.05) is 24.6 Å². The Hall–Kier alpha value is -2.49. The number of amides is 1. The molecule has 0 spiro atoms. The Morgan fingerprint density at radius 3 is 2.15 bits per heavy atom. The van der Waals surface area contributed by atoms with Crippen LogP contribution in [-0.4, -0.2) is 27.1 Å². The zero-order valence-corrected chi connectivity index (χ0v) is 17.0. The van der Waals surface area contributed by atoms with Gasteiger partial charge in [-0.2, -0.15) is 0 Å². The van der Waals surface area contributed by atoms with Crippen LogP contribution in [0.1, 0.15) is 54.5 Å². The lowest BCUT2D eigenvalue weighted by Gasteiger charge is -2.27. The summed E-state index contributed by atoms with van der Waals surface area (Å²) in [7, 11) is 0. The molecule has 1 amide bonds. The van der Waals surface area contributed by atoms with Crippen LogP contribution in [-0.2, 0) is 17.8 Å². The molecule has 0 aromatic heterocycles. The van der Waals surface area contributed by atoms with E-state index in [0.717, 1.165) is 11.1 Å². The van der Waals surface area contributed by atoms with Crippen LogP contribution in [0.15, 0.2) is 30.3 Å². The first-order valence-electron chi connectivity index (χ1n) is 9.58. The largest absolute Gasteiger partial charge is 0.507 e. The number of carbonyl (C=O) groups excluding carboxylic acids is 1. The molecule has 27 heavy (non-hydrogen) atoms. The van der Waals surface area contributed by atoms with E-state index < -0.39 is 0 Å². The van der Waals surface area contributed by atoms with Gasteiger partial charge in [0.05, 0.1) is 0 Å². The smallest absolute Gasteiger partial charge is 0.223 e. The maximum atomic E-state index is 12.8. The van der Waals surface area contributed by atoms with E-state index in [4.69, 9.17) is 0 Å². The summed E-state index contributed by atoms with van der Waals surface area (Å²) in [5.41, 5.74) is 3.97. The lowest BCUT2D eigenvalue weighted by Crippen LogP contribution is -2.36. The Balaban J connectivity index is 2.04. The predicted molar refractivity (Wildman–Crippen MR) is 109 cm³/mol. The molecule has 0 atom stereocenters. The van der Waals surface area contributed by atoms with Crippen LogP contribution in [0.2, 0.25) is 0 Å². The van der Waals surface area contributed by atoms with Crippen molar-refractivity contribution in [2.75, 3.05) is 0 Å². The molecule has 146 valence electrons. The average molecular weight is 370 g/mol. The average Bonchev–Trinajstić information content (AvgIpc) is 2.66. The van der Waals surface area contributed by atoms with Crippen molar-refractivity contribution in [3.05, 3.63) is 58.1 Å². The fourth-order valence-corrected chi connectivity index (χ4v) is 3.39. The van der Waals surface area contributed by atoms with Crippen molar-refractivity contribution in [1.82, 2.24) is 4.90 Å². The van der Waals surface area contributed by atoms with E-state index in [1.165, 1.54) is 0 Å². The second-order valence-corrected chi connectivity index (χ2v) is 7.51. The third-order valence-corrected chi connectivity index (χ3v) is 5.32. The molecule has 0 aliphatic heterocycles. The summed E-state index contributed by atoms with van der Waals surface area (Å²) in [4.78, 5) is 14.6. The van der Waals surface area contributed by atoms with E-state index >= 15 is 0 Å². The Morgan fingerprint density at radius 1 is 0.963 bits per heavy atom. The van der Waals surface area contributed by atoms with E-state index in [1.807, 2.05) is 56.0 Å². The van der Waals surface area contributed by atoms with Crippen LogP contribution in [0.5, 0.6) is 11.5 Å². The molecule has 2 aromatic rings. The molecule has 0 fully saturated rings. The Bertz CT molecular complexity index is 768. The normalized spacial score (nSPS) is 11.0. The first kappa shape index (κ1) is 20.8. The van der Waals surface area contributed by atoms with Gasteiger partial charge in [0.15, 0.2) is 0 Å². The van der Waals surface area contributed by atoms with Gasteiger partial charge in [-0.05, 0) is 69.7 Å². The third kappa shape index (κ3) is 4.82. The second kappa shape index (κ2) is 8.94. The molecule has 0 aliphatic rings. The van der Waals surface area contributed by atoms with Gasteiger partial charge in [-0.3, -0.25) is 4.79 Å². The maximum Gasteiger partial charge on any atom is 0.223 e.